The summed E-state index contributed by atoms with van der Waals surface area (Å²) in [5, 5.41) is 26.5. The van der Waals surface area contributed by atoms with Crippen molar-refractivity contribution in [1.82, 2.24) is 0 Å². The molecule has 1 unspecified atom stereocenters. The molecule has 1 aromatic rings. The Kier molecular flexibility index (Phi) is 3.00. The highest BCUT2D eigenvalue weighted by Gasteiger charge is 2.15. The van der Waals surface area contributed by atoms with Crippen molar-refractivity contribution in [3.63, 3.8) is 0 Å². The van der Waals surface area contributed by atoms with E-state index in [1.165, 1.54) is 24.3 Å². The number of carbonyl (C=O) groups is 1. The van der Waals surface area contributed by atoms with Gasteiger partial charge < -0.3 is 15.3 Å². The highest BCUT2D eigenvalue weighted by molar-refractivity contribution is 5.99. The number of benzene rings is 1. The highest BCUT2D eigenvalue weighted by atomic mass is 16.3. The van der Waals surface area contributed by atoms with Gasteiger partial charge in [0.05, 0.1) is 6.61 Å². The van der Waals surface area contributed by atoms with Crippen LogP contribution >= 0.6 is 0 Å². The van der Waals surface area contributed by atoms with Crippen LogP contribution in [0.25, 0.3) is 0 Å². The van der Waals surface area contributed by atoms with Gasteiger partial charge >= 0.3 is 0 Å². The normalized spacial score (nSPS) is 12.5. The molecule has 0 saturated carbocycles. The van der Waals surface area contributed by atoms with Crippen molar-refractivity contribution >= 4 is 5.78 Å². The van der Waals surface area contributed by atoms with Crippen LogP contribution in [0.4, 0.5) is 0 Å². The second-order valence-corrected chi connectivity index (χ2v) is 2.61. The summed E-state index contributed by atoms with van der Waals surface area (Å²) in [6.45, 7) is -0.617. The molecular weight excluding hydrogens is 172 g/mol. The molecule has 0 aliphatic carbocycles. The standard InChI is InChI=1S/C9H10O4/c10-5-8(12)9(13)6-2-1-3-7(11)4-6/h1-4,8,10-12H,5H2. The lowest BCUT2D eigenvalue weighted by Gasteiger charge is -2.05. The first-order chi connectivity index (χ1) is 6.15. The number of phenolic OH excluding ortho intramolecular Hbond substituents is 1. The summed E-state index contributed by atoms with van der Waals surface area (Å²) < 4.78 is 0. The molecule has 1 atom stereocenters. The van der Waals surface area contributed by atoms with Gasteiger partial charge in [-0.3, -0.25) is 4.79 Å². The molecule has 13 heavy (non-hydrogen) atoms. The Morgan fingerprint density at radius 1 is 1.46 bits per heavy atom. The molecule has 4 nitrogen and oxygen atoms in total. The molecule has 3 N–H and O–H groups in total. The number of aliphatic hydroxyl groups is 2. The molecule has 70 valence electrons. The number of carbonyl (C=O) groups excluding carboxylic acids is 1. The Labute approximate surface area is 75.1 Å². The number of ketones is 1. The van der Waals surface area contributed by atoms with Crippen molar-refractivity contribution < 1.29 is 20.1 Å². The fourth-order valence-electron chi connectivity index (χ4n) is 0.934. The summed E-state index contributed by atoms with van der Waals surface area (Å²) >= 11 is 0. The van der Waals surface area contributed by atoms with Crippen LogP contribution in [0.3, 0.4) is 0 Å². The Morgan fingerprint density at radius 2 is 2.15 bits per heavy atom. The van der Waals surface area contributed by atoms with Gasteiger partial charge in [-0.25, -0.2) is 0 Å². The maximum atomic E-state index is 11.2. The third-order valence-corrected chi connectivity index (χ3v) is 1.61. The van der Waals surface area contributed by atoms with Crippen LogP contribution < -0.4 is 0 Å². The minimum Gasteiger partial charge on any atom is -0.508 e. The summed E-state index contributed by atoms with van der Waals surface area (Å²) in [6.07, 6.45) is -1.41. The molecule has 0 aliphatic rings. The van der Waals surface area contributed by atoms with Gasteiger partial charge in [-0.1, -0.05) is 12.1 Å². The van der Waals surface area contributed by atoms with E-state index in [0.29, 0.717) is 0 Å². The van der Waals surface area contributed by atoms with Gasteiger partial charge in [-0.15, -0.1) is 0 Å². The van der Waals surface area contributed by atoms with Crippen molar-refractivity contribution in [3.8, 4) is 5.75 Å². The van der Waals surface area contributed by atoms with Gasteiger partial charge in [0, 0.05) is 5.56 Å². The quantitative estimate of drug-likeness (QED) is 0.572. The molecule has 0 bridgehead atoms. The first kappa shape index (κ1) is 9.70. The lowest BCUT2D eigenvalue weighted by atomic mass is 10.1. The maximum Gasteiger partial charge on any atom is 0.193 e. The van der Waals surface area contributed by atoms with Gasteiger partial charge in [0.2, 0.25) is 0 Å². The van der Waals surface area contributed by atoms with Crippen LogP contribution in [0.2, 0.25) is 0 Å². The van der Waals surface area contributed by atoms with Crippen LogP contribution in [-0.4, -0.2) is 33.8 Å². The predicted octanol–water partition coefficient (Wildman–Crippen LogP) is -0.0719. The number of aliphatic hydroxyl groups excluding tert-OH is 2. The van der Waals surface area contributed by atoms with Crippen molar-refractivity contribution in [3.05, 3.63) is 29.8 Å². The monoisotopic (exact) mass is 182 g/mol. The van der Waals surface area contributed by atoms with Crippen molar-refractivity contribution in [2.24, 2.45) is 0 Å². The molecule has 1 aromatic carbocycles. The van der Waals surface area contributed by atoms with E-state index in [0.717, 1.165) is 0 Å². The highest BCUT2D eigenvalue weighted by Crippen LogP contribution is 2.12. The van der Waals surface area contributed by atoms with E-state index in [4.69, 9.17) is 15.3 Å². The third kappa shape index (κ3) is 2.27. The molecule has 0 aliphatic heterocycles. The number of hydrogen-bond donors (Lipinski definition) is 3. The lowest BCUT2D eigenvalue weighted by Crippen LogP contribution is -2.24. The molecular formula is C9H10O4. The van der Waals surface area contributed by atoms with E-state index >= 15 is 0 Å². The number of aromatic hydroxyl groups is 1. The van der Waals surface area contributed by atoms with Crippen molar-refractivity contribution in [2.75, 3.05) is 6.61 Å². The lowest BCUT2D eigenvalue weighted by molar-refractivity contribution is 0.0587. The number of hydrogen-bond acceptors (Lipinski definition) is 4. The Hall–Kier alpha value is -1.39. The van der Waals surface area contributed by atoms with E-state index in [9.17, 15) is 4.79 Å². The van der Waals surface area contributed by atoms with Gasteiger partial charge in [-0.05, 0) is 12.1 Å². The molecule has 0 radical (unpaired) electrons. The fourth-order valence-corrected chi connectivity index (χ4v) is 0.934. The van der Waals surface area contributed by atoms with Crippen LogP contribution in [0.15, 0.2) is 24.3 Å². The largest absolute Gasteiger partial charge is 0.508 e. The first-order valence-electron chi connectivity index (χ1n) is 3.77. The van der Waals surface area contributed by atoms with Crippen molar-refractivity contribution in [2.45, 2.75) is 6.10 Å². The Morgan fingerprint density at radius 3 is 2.69 bits per heavy atom. The van der Waals surface area contributed by atoms with Gasteiger partial charge in [0.25, 0.3) is 0 Å². The number of phenols is 1. The van der Waals surface area contributed by atoms with Crippen LogP contribution in [0.1, 0.15) is 10.4 Å². The van der Waals surface area contributed by atoms with E-state index in [2.05, 4.69) is 0 Å². The van der Waals surface area contributed by atoms with E-state index in [1.807, 2.05) is 0 Å². The summed E-state index contributed by atoms with van der Waals surface area (Å²) in [7, 11) is 0. The molecule has 0 heterocycles. The molecule has 0 amide bonds. The van der Waals surface area contributed by atoms with E-state index in [-0.39, 0.29) is 11.3 Å². The number of Topliss-reactive ketones (excluding diaryl/α,β-unsaturated/α-hetero) is 1. The Balaban J connectivity index is 2.89. The molecule has 0 aromatic heterocycles. The second-order valence-electron chi connectivity index (χ2n) is 2.61. The van der Waals surface area contributed by atoms with Gasteiger partial charge in [-0.2, -0.15) is 0 Å². The third-order valence-electron chi connectivity index (χ3n) is 1.61. The summed E-state index contributed by atoms with van der Waals surface area (Å²) in [5.41, 5.74) is 0.182. The Bertz CT molecular complexity index is 308. The number of rotatable bonds is 3. The topological polar surface area (TPSA) is 77.8 Å². The first-order valence-corrected chi connectivity index (χ1v) is 3.77. The minimum atomic E-state index is -1.41. The average Bonchev–Trinajstić information content (AvgIpc) is 2.15. The van der Waals surface area contributed by atoms with Crippen LogP contribution in [0.5, 0.6) is 5.75 Å². The van der Waals surface area contributed by atoms with E-state index < -0.39 is 18.5 Å². The maximum absolute atomic E-state index is 11.2. The average molecular weight is 182 g/mol. The zero-order valence-corrected chi connectivity index (χ0v) is 6.84. The molecule has 0 fully saturated rings. The summed E-state index contributed by atoms with van der Waals surface area (Å²) in [4.78, 5) is 11.2. The predicted molar refractivity (Wildman–Crippen MR) is 45.5 cm³/mol. The van der Waals surface area contributed by atoms with Gasteiger partial charge in [0.15, 0.2) is 5.78 Å². The van der Waals surface area contributed by atoms with Crippen LogP contribution in [-0.2, 0) is 0 Å². The molecule has 1 rings (SSSR count). The zero-order valence-electron chi connectivity index (χ0n) is 6.84. The second kappa shape index (κ2) is 4.02. The summed E-state index contributed by atoms with van der Waals surface area (Å²) in [5.74, 6) is -0.644. The molecule has 0 saturated heterocycles. The summed E-state index contributed by atoms with van der Waals surface area (Å²) in [6, 6.07) is 5.61. The van der Waals surface area contributed by atoms with Crippen LogP contribution in [0, 0.1) is 0 Å². The molecule has 0 spiro atoms. The minimum absolute atomic E-state index is 0.0454. The fraction of sp³-hybridized carbons (Fsp3) is 0.222. The smallest absolute Gasteiger partial charge is 0.193 e. The SMILES string of the molecule is O=C(c1cccc(O)c1)C(O)CO. The molecule has 4 heteroatoms. The van der Waals surface area contributed by atoms with Gasteiger partial charge in [0.1, 0.15) is 11.9 Å². The van der Waals surface area contributed by atoms with Crippen molar-refractivity contribution in [1.29, 1.82) is 0 Å². The van der Waals surface area contributed by atoms with E-state index in [1.54, 1.807) is 0 Å². The zero-order chi connectivity index (χ0) is 9.84.